The molecule has 1 aliphatic rings. The van der Waals surface area contributed by atoms with Gasteiger partial charge in [0, 0.05) is 24.2 Å². The van der Waals surface area contributed by atoms with Gasteiger partial charge in [0.15, 0.2) is 0 Å². The smallest absolute Gasteiger partial charge is 0.229 e. The lowest BCUT2D eigenvalue weighted by molar-refractivity contribution is 0.723. The molecule has 0 spiro atoms. The molecule has 1 aliphatic heterocycles. The molecule has 5 rings (SSSR count). The highest BCUT2D eigenvalue weighted by atomic mass is 15.2. The van der Waals surface area contributed by atoms with E-state index < -0.39 is 0 Å². The molecule has 0 radical (unpaired) electrons. The molecule has 0 aliphatic carbocycles. The minimum absolute atomic E-state index is 0.641. The highest BCUT2D eigenvalue weighted by Crippen LogP contribution is 2.30. The molecule has 0 amide bonds. The summed E-state index contributed by atoms with van der Waals surface area (Å²) >= 11 is 0. The fourth-order valence-corrected chi connectivity index (χ4v) is 3.87. The van der Waals surface area contributed by atoms with Gasteiger partial charge in [0.1, 0.15) is 5.82 Å². The number of nitrogens with zero attached hydrogens (tertiary/aromatic N) is 3. The summed E-state index contributed by atoms with van der Waals surface area (Å²) in [7, 11) is 0. The van der Waals surface area contributed by atoms with Crippen molar-refractivity contribution in [3.63, 3.8) is 0 Å². The van der Waals surface area contributed by atoms with E-state index in [2.05, 4.69) is 71.7 Å². The second-order valence-corrected chi connectivity index (χ2v) is 7.27. The van der Waals surface area contributed by atoms with Gasteiger partial charge in [-0.1, -0.05) is 54.6 Å². The topological polar surface area (TPSA) is 41.1 Å². The standard InChI is InChI=1S/C24H22N4/c1-17-8-2-6-12-21(17)25-24-26-22-13-7-5-11-20(22)23(27-24)28-15-14-18-9-3-4-10-19(18)16-28/h2-13H,14-16H2,1H3,(H,25,26,27). The monoisotopic (exact) mass is 366 g/mol. The van der Waals surface area contributed by atoms with Crippen LogP contribution >= 0.6 is 0 Å². The third-order valence-corrected chi connectivity index (χ3v) is 5.40. The molecular formula is C24H22N4. The van der Waals surface area contributed by atoms with Crippen molar-refractivity contribution in [2.75, 3.05) is 16.8 Å². The molecule has 0 unspecified atom stereocenters. The zero-order valence-corrected chi connectivity index (χ0v) is 15.9. The van der Waals surface area contributed by atoms with Crippen LogP contribution in [0.5, 0.6) is 0 Å². The molecule has 0 saturated heterocycles. The number of fused-ring (bicyclic) bond motifs is 2. The molecule has 28 heavy (non-hydrogen) atoms. The predicted molar refractivity (Wildman–Crippen MR) is 115 cm³/mol. The van der Waals surface area contributed by atoms with Gasteiger partial charge in [-0.3, -0.25) is 0 Å². The second kappa shape index (κ2) is 6.97. The van der Waals surface area contributed by atoms with Crippen LogP contribution < -0.4 is 10.2 Å². The number of para-hydroxylation sites is 2. The number of aryl methyl sites for hydroxylation is 1. The number of rotatable bonds is 3. The summed E-state index contributed by atoms with van der Waals surface area (Å²) in [6.45, 7) is 3.93. The zero-order chi connectivity index (χ0) is 18.9. The molecule has 4 nitrogen and oxygen atoms in total. The lowest BCUT2D eigenvalue weighted by Crippen LogP contribution is -2.31. The van der Waals surface area contributed by atoms with Crippen LogP contribution in [0.15, 0.2) is 72.8 Å². The summed E-state index contributed by atoms with van der Waals surface area (Å²) in [5.41, 5.74) is 5.99. The van der Waals surface area contributed by atoms with Crippen molar-refractivity contribution in [1.29, 1.82) is 0 Å². The summed E-state index contributed by atoms with van der Waals surface area (Å²) in [6.07, 6.45) is 1.04. The number of anilines is 3. The highest BCUT2D eigenvalue weighted by Gasteiger charge is 2.20. The van der Waals surface area contributed by atoms with Crippen molar-refractivity contribution in [3.8, 4) is 0 Å². The van der Waals surface area contributed by atoms with Crippen molar-refractivity contribution in [3.05, 3.63) is 89.5 Å². The van der Waals surface area contributed by atoms with Crippen molar-refractivity contribution in [2.24, 2.45) is 0 Å². The summed E-state index contributed by atoms with van der Waals surface area (Å²) in [4.78, 5) is 12.1. The Labute approximate surface area is 164 Å². The Hall–Kier alpha value is -3.40. The van der Waals surface area contributed by atoms with E-state index >= 15 is 0 Å². The van der Waals surface area contributed by atoms with E-state index in [9.17, 15) is 0 Å². The molecule has 0 fully saturated rings. The van der Waals surface area contributed by atoms with Gasteiger partial charge in [-0.2, -0.15) is 4.98 Å². The first-order valence-corrected chi connectivity index (χ1v) is 9.69. The molecule has 4 aromatic rings. The maximum Gasteiger partial charge on any atom is 0.229 e. The Kier molecular flexibility index (Phi) is 4.17. The molecule has 1 N–H and O–H groups in total. The Morgan fingerprint density at radius 1 is 0.821 bits per heavy atom. The SMILES string of the molecule is Cc1ccccc1Nc1nc(N2CCc3ccccc3C2)c2ccccc2n1. The number of nitrogens with one attached hydrogen (secondary N) is 1. The van der Waals surface area contributed by atoms with Gasteiger partial charge in [0.25, 0.3) is 0 Å². The van der Waals surface area contributed by atoms with Crippen molar-refractivity contribution in [1.82, 2.24) is 9.97 Å². The van der Waals surface area contributed by atoms with E-state index in [1.54, 1.807) is 0 Å². The molecule has 0 bridgehead atoms. The lowest BCUT2D eigenvalue weighted by atomic mass is 10.00. The Balaban J connectivity index is 1.57. The van der Waals surface area contributed by atoms with Crippen molar-refractivity contribution in [2.45, 2.75) is 19.9 Å². The van der Waals surface area contributed by atoms with Gasteiger partial charge in [-0.05, 0) is 48.2 Å². The van der Waals surface area contributed by atoms with Crippen LogP contribution in [0.4, 0.5) is 17.5 Å². The molecular weight excluding hydrogens is 344 g/mol. The number of aromatic nitrogens is 2. The van der Waals surface area contributed by atoms with E-state index in [0.717, 1.165) is 41.9 Å². The highest BCUT2D eigenvalue weighted by molar-refractivity contribution is 5.91. The van der Waals surface area contributed by atoms with Crippen LogP contribution in [-0.4, -0.2) is 16.5 Å². The number of benzene rings is 3. The molecule has 0 atom stereocenters. The predicted octanol–water partition coefficient (Wildman–Crippen LogP) is 5.24. The second-order valence-electron chi connectivity index (χ2n) is 7.27. The average molecular weight is 366 g/mol. The van der Waals surface area contributed by atoms with Crippen LogP contribution in [0.1, 0.15) is 16.7 Å². The van der Waals surface area contributed by atoms with Crippen LogP contribution in [0.3, 0.4) is 0 Å². The van der Waals surface area contributed by atoms with E-state index in [1.807, 2.05) is 18.2 Å². The maximum atomic E-state index is 4.94. The van der Waals surface area contributed by atoms with Gasteiger partial charge >= 0.3 is 0 Å². The van der Waals surface area contributed by atoms with Crippen LogP contribution in [0, 0.1) is 6.92 Å². The van der Waals surface area contributed by atoms with E-state index in [-0.39, 0.29) is 0 Å². The van der Waals surface area contributed by atoms with Gasteiger partial charge in [-0.15, -0.1) is 0 Å². The van der Waals surface area contributed by atoms with E-state index in [4.69, 9.17) is 9.97 Å². The van der Waals surface area contributed by atoms with Crippen molar-refractivity contribution < 1.29 is 0 Å². The molecule has 3 aromatic carbocycles. The van der Waals surface area contributed by atoms with E-state index in [1.165, 1.54) is 16.7 Å². The minimum atomic E-state index is 0.641. The minimum Gasteiger partial charge on any atom is -0.351 e. The summed E-state index contributed by atoms with van der Waals surface area (Å²) < 4.78 is 0. The first kappa shape index (κ1) is 16.8. The molecule has 138 valence electrons. The fraction of sp³-hybridized carbons (Fsp3) is 0.167. The Morgan fingerprint density at radius 3 is 2.46 bits per heavy atom. The average Bonchev–Trinajstić information content (AvgIpc) is 2.74. The van der Waals surface area contributed by atoms with Crippen LogP contribution in [-0.2, 0) is 13.0 Å². The van der Waals surface area contributed by atoms with Gasteiger partial charge in [-0.25, -0.2) is 4.98 Å². The quantitative estimate of drug-likeness (QED) is 0.538. The third kappa shape index (κ3) is 3.07. The molecule has 1 aromatic heterocycles. The number of hydrogen-bond acceptors (Lipinski definition) is 4. The summed E-state index contributed by atoms with van der Waals surface area (Å²) in [6, 6.07) is 25.2. The maximum absolute atomic E-state index is 4.94. The van der Waals surface area contributed by atoms with Crippen molar-refractivity contribution >= 4 is 28.4 Å². The number of hydrogen-bond donors (Lipinski definition) is 1. The Bertz CT molecular complexity index is 1150. The third-order valence-electron chi connectivity index (χ3n) is 5.40. The normalized spacial score (nSPS) is 13.4. The Morgan fingerprint density at radius 2 is 1.57 bits per heavy atom. The summed E-state index contributed by atoms with van der Waals surface area (Å²) in [5, 5.41) is 4.51. The van der Waals surface area contributed by atoms with E-state index in [0.29, 0.717) is 5.95 Å². The summed E-state index contributed by atoms with van der Waals surface area (Å²) in [5.74, 6) is 1.64. The lowest BCUT2D eigenvalue weighted by Gasteiger charge is -2.30. The van der Waals surface area contributed by atoms with Gasteiger partial charge < -0.3 is 10.2 Å². The zero-order valence-electron chi connectivity index (χ0n) is 15.9. The van der Waals surface area contributed by atoms with Crippen LogP contribution in [0.2, 0.25) is 0 Å². The van der Waals surface area contributed by atoms with Crippen LogP contribution in [0.25, 0.3) is 10.9 Å². The molecule has 0 saturated carbocycles. The largest absolute Gasteiger partial charge is 0.351 e. The molecule has 4 heteroatoms. The molecule has 2 heterocycles. The first-order chi connectivity index (χ1) is 13.8. The first-order valence-electron chi connectivity index (χ1n) is 9.69. The fourth-order valence-electron chi connectivity index (χ4n) is 3.87. The van der Waals surface area contributed by atoms with Gasteiger partial charge in [0.05, 0.1) is 5.52 Å². The van der Waals surface area contributed by atoms with Gasteiger partial charge in [0.2, 0.25) is 5.95 Å².